The van der Waals surface area contributed by atoms with Gasteiger partial charge in [-0.25, -0.2) is 9.80 Å². The molecule has 3 aliphatic rings. The van der Waals surface area contributed by atoms with Gasteiger partial charge in [0.05, 0.1) is 5.69 Å². The first-order valence-electron chi connectivity index (χ1n) is 18.0. The summed E-state index contributed by atoms with van der Waals surface area (Å²) in [6.45, 7) is 0. The van der Waals surface area contributed by atoms with Gasteiger partial charge < -0.3 is 0 Å². The highest BCUT2D eigenvalue weighted by atomic mass is 16.2. The summed E-state index contributed by atoms with van der Waals surface area (Å²) in [5, 5.41) is 3.12. The number of carbonyl (C=O) groups excluding carboxylic acids is 4. The van der Waals surface area contributed by atoms with Crippen molar-refractivity contribution in [2.24, 2.45) is 0 Å². The molecule has 0 radical (unpaired) electrons. The van der Waals surface area contributed by atoms with E-state index in [0.29, 0.717) is 45.1 Å². The lowest BCUT2D eigenvalue weighted by Gasteiger charge is -2.30. The quantitative estimate of drug-likeness (QED) is 0.168. The van der Waals surface area contributed by atoms with Crippen molar-refractivity contribution in [3.63, 3.8) is 0 Å². The summed E-state index contributed by atoms with van der Waals surface area (Å²) in [5.74, 6) is -1.21. The molecule has 6 nitrogen and oxygen atoms in total. The molecule has 0 fully saturated rings. The fourth-order valence-electron chi connectivity index (χ4n) is 8.23. The van der Waals surface area contributed by atoms with Crippen molar-refractivity contribution in [3.05, 3.63) is 186 Å². The predicted octanol–water partition coefficient (Wildman–Crippen LogP) is 10.6. The third-order valence-corrected chi connectivity index (χ3v) is 10.8. The third-order valence-electron chi connectivity index (χ3n) is 10.8. The summed E-state index contributed by atoms with van der Waals surface area (Å²) in [6.07, 6.45) is 7.24. The van der Waals surface area contributed by atoms with Gasteiger partial charge in [-0.2, -0.15) is 0 Å². The molecule has 54 heavy (non-hydrogen) atoms. The first-order valence-corrected chi connectivity index (χ1v) is 18.0. The number of hydrogen-bond acceptors (Lipinski definition) is 4. The van der Waals surface area contributed by atoms with E-state index in [1.807, 2.05) is 91.0 Å². The number of rotatable bonds is 5. The Kier molecular flexibility index (Phi) is 7.13. The molecule has 0 bridgehead atoms. The number of anilines is 1. The minimum atomic E-state index is -0.327. The van der Waals surface area contributed by atoms with Crippen LogP contribution in [0.4, 0.5) is 5.69 Å². The molecule has 0 unspecified atom stereocenters. The summed E-state index contributed by atoms with van der Waals surface area (Å²) in [4.78, 5) is 57.3. The molecule has 2 heterocycles. The van der Waals surface area contributed by atoms with E-state index < -0.39 is 0 Å². The molecular formula is C48H30N2O4. The normalized spacial score (nSPS) is 15.0. The van der Waals surface area contributed by atoms with Gasteiger partial charge in [-0.05, 0) is 99.5 Å². The van der Waals surface area contributed by atoms with Crippen LogP contribution in [0.5, 0.6) is 0 Å². The van der Waals surface area contributed by atoms with Crippen molar-refractivity contribution in [1.29, 1.82) is 0 Å². The van der Waals surface area contributed by atoms with Crippen LogP contribution in [-0.4, -0.2) is 28.5 Å². The summed E-state index contributed by atoms with van der Waals surface area (Å²) >= 11 is 0. The first-order chi connectivity index (χ1) is 26.5. The molecule has 256 valence electrons. The Morgan fingerprint density at radius 2 is 0.833 bits per heavy atom. The van der Waals surface area contributed by atoms with Crippen LogP contribution in [0.25, 0.3) is 54.9 Å². The Labute approximate surface area is 310 Å². The largest absolute Gasteiger partial charge is 0.268 e. The molecule has 0 N–H and O–H groups in total. The number of allylic oxidation sites excluding steroid dienone is 4. The average molecular weight is 699 g/mol. The number of amides is 4. The number of carbonyl (C=O) groups is 4. The van der Waals surface area contributed by atoms with Crippen molar-refractivity contribution < 1.29 is 19.2 Å². The van der Waals surface area contributed by atoms with Gasteiger partial charge in [0.2, 0.25) is 0 Å². The SMILES string of the molecule is O=C1c2cccc3c(-c4ccc(-c5ccc(-c6ccc7c8c(cccc68)C(=O)N(c6ccccc6)C7=O)cc5)cc4)ccc(c23)C(=O)N1C1=CC=CCC1. The second-order valence-electron chi connectivity index (χ2n) is 13.8. The van der Waals surface area contributed by atoms with Crippen LogP contribution in [0.2, 0.25) is 0 Å². The summed E-state index contributed by atoms with van der Waals surface area (Å²) in [5.41, 5.74) is 9.33. The van der Waals surface area contributed by atoms with E-state index in [2.05, 4.69) is 48.5 Å². The van der Waals surface area contributed by atoms with E-state index in [-0.39, 0.29) is 23.6 Å². The van der Waals surface area contributed by atoms with Crippen molar-refractivity contribution in [3.8, 4) is 33.4 Å². The average Bonchev–Trinajstić information content (AvgIpc) is 3.22. The Balaban J connectivity index is 0.955. The zero-order valence-corrected chi connectivity index (χ0v) is 29.0. The van der Waals surface area contributed by atoms with Crippen LogP contribution in [0, 0.1) is 0 Å². The molecule has 7 aromatic rings. The lowest BCUT2D eigenvalue weighted by Crippen LogP contribution is -2.40. The molecule has 7 aromatic carbocycles. The van der Waals surface area contributed by atoms with E-state index in [0.717, 1.165) is 56.3 Å². The Bertz CT molecular complexity index is 2790. The van der Waals surface area contributed by atoms with Gasteiger partial charge in [-0.3, -0.25) is 19.2 Å². The van der Waals surface area contributed by atoms with E-state index in [1.54, 1.807) is 18.2 Å². The first kappa shape index (κ1) is 31.5. The monoisotopic (exact) mass is 698 g/mol. The van der Waals surface area contributed by atoms with Crippen LogP contribution in [0.3, 0.4) is 0 Å². The molecule has 6 heteroatoms. The van der Waals surface area contributed by atoms with Crippen molar-refractivity contribution in [2.75, 3.05) is 4.90 Å². The molecule has 10 rings (SSSR count). The highest BCUT2D eigenvalue weighted by Gasteiger charge is 2.36. The molecular weight excluding hydrogens is 669 g/mol. The second-order valence-corrected chi connectivity index (χ2v) is 13.8. The molecule has 0 saturated carbocycles. The molecule has 0 atom stereocenters. The standard InChI is InChI=1S/C48H30N2O4/c51-45-39-15-7-13-37-35(25-27-41(43(37)39)47(53)49(45)33-9-3-1-4-10-33)31-21-17-29(18-22-31)30-19-23-32(24-20-30)36-26-28-42-44-38(36)14-8-16-40(44)46(52)50(48(42)54)34-11-5-2-6-12-34/h1-5,7-11,13-28H,6,12H2. The van der Waals surface area contributed by atoms with Crippen molar-refractivity contribution in [2.45, 2.75) is 12.8 Å². The maximum absolute atomic E-state index is 13.7. The number of nitrogens with zero attached hydrogens (tertiary/aromatic N) is 2. The molecule has 0 saturated heterocycles. The number of benzene rings is 7. The van der Waals surface area contributed by atoms with Crippen LogP contribution >= 0.6 is 0 Å². The third kappa shape index (κ3) is 4.73. The van der Waals surface area contributed by atoms with Gasteiger partial charge >= 0.3 is 0 Å². The van der Waals surface area contributed by atoms with E-state index >= 15 is 0 Å². The Morgan fingerprint density at radius 1 is 0.389 bits per heavy atom. The van der Waals surface area contributed by atoms with Gasteiger partial charge in [0.1, 0.15) is 0 Å². The molecule has 4 amide bonds. The maximum Gasteiger partial charge on any atom is 0.265 e. The van der Waals surface area contributed by atoms with Gasteiger partial charge in [0.25, 0.3) is 23.6 Å². The smallest absolute Gasteiger partial charge is 0.265 e. The number of imide groups is 2. The predicted molar refractivity (Wildman–Crippen MR) is 212 cm³/mol. The van der Waals surface area contributed by atoms with E-state index in [1.165, 1.54) is 9.80 Å². The lowest BCUT2D eigenvalue weighted by molar-refractivity contribution is 0.0656. The number of para-hydroxylation sites is 1. The Morgan fingerprint density at radius 3 is 1.31 bits per heavy atom. The molecule has 2 aliphatic heterocycles. The second kappa shape index (κ2) is 12.2. The van der Waals surface area contributed by atoms with Gasteiger partial charge in [0, 0.05) is 38.7 Å². The van der Waals surface area contributed by atoms with Gasteiger partial charge in [-0.15, -0.1) is 0 Å². The van der Waals surface area contributed by atoms with Crippen LogP contribution < -0.4 is 4.90 Å². The van der Waals surface area contributed by atoms with Crippen molar-refractivity contribution in [1.82, 2.24) is 4.90 Å². The number of hydrogen-bond donors (Lipinski definition) is 0. The summed E-state index contributed by atoms with van der Waals surface area (Å²) in [6, 6.07) is 44.6. The lowest BCUT2D eigenvalue weighted by atomic mass is 9.88. The van der Waals surface area contributed by atoms with Crippen LogP contribution in [0.1, 0.15) is 54.3 Å². The Hall–Kier alpha value is -7.18. The molecule has 0 aromatic heterocycles. The topological polar surface area (TPSA) is 74.8 Å². The molecule has 0 spiro atoms. The van der Waals surface area contributed by atoms with Gasteiger partial charge in [-0.1, -0.05) is 115 Å². The van der Waals surface area contributed by atoms with Crippen LogP contribution in [0.15, 0.2) is 163 Å². The van der Waals surface area contributed by atoms with Gasteiger partial charge in [0.15, 0.2) is 0 Å². The van der Waals surface area contributed by atoms with E-state index in [9.17, 15) is 19.2 Å². The highest BCUT2D eigenvalue weighted by molar-refractivity contribution is 6.36. The highest BCUT2D eigenvalue weighted by Crippen LogP contribution is 2.40. The fraction of sp³-hybridized carbons (Fsp3) is 0.0417. The summed E-state index contributed by atoms with van der Waals surface area (Å²) in [7, 11) is 0. The molecule has 1 aliphatic carbocycles. The minimum Gasteiger partial charge on any atom is -0.268 e. The van der Waals surface area contributed by atoms with Crippen LogP contribution in [-0.2, 0) is 0 Å². The minimum absolute atomic E-state index is 0.278. The van der Waals surface area contributed by atoms with Crippen molar-refractivity contribution >= 4 is 50.9 Å². The zero-order chi connectivity index (χ0) is 36.5. The summed E-state index contributed by atoms with van der Waals surface area (Å²) < 4.78 is 0. The maximum atomic E-state index is 13.7. The van der Waals surface area contributed by atoms with E-state index in [4.69, 9.17) is 0 Å². The zero-order valence-electron chi connectivity index (χ0n) is 29.0. The fourth-order valence-corrected chi connectivity index (χ4v) is 8.23.